The molecule has 1 aliphatic rings. The first kappa shape index (κ1) is 24.7. The number of nitrogens with one attached hydrogen (secondary N) is 2. The molecule has 2 amide bonds. The molecule has 9 heteroatoms. The number of thiazole rings is 1. The van der Waals surface area contributed by atoms with E-state index in [1.165, 1.54) is 16.9 Å². The van der Waals surface area contributed by atoms with Crippen LogP contribution in [0.1, 0.15) is 49.8 Å². The van der Waals surface area contributed by atoms with E-state index >= 15 is 0 Å². The number of aromatic nitrogens is 1. The lowest BCUT2D eigenvalue weighted by Gasteiger charge is -2.26. The molecule has 1 unspecified atom stereocenters. The Hall–Kier alpha value is -3.98. The zero-order chi connectivity index (χ0) is 25.8. The van der Waals surface area contributed by atoms with E-state index in [1.807, 2.05) is 31.2 Å². The summed E-state index contributed by atoms with van der Waals surface area (Å²) in [7, 11) is 0. The van der Waals surface area contributed by atoms with Crippen LogP contribution in [-0.4, -0.2) is 23.4 Å². The molecule has 2 heterocycles. The average molecular weight is 518 g/mol. The zero-order valence-electron chi connectivity index (χ0n) is 20.4. The van der Waals surface area contributed by atoms with Crippen molar-refractivity contribution in [2.24, 2.45) is 0 Å². The molecule has 1 aliphatic carbocycles. The summed E-state index contributed by atoms with van der Waals surface area (Å²) in [6.07, 6.45) is 3.06. The lowest BCUT2D eigenvalue weighted by Crippen LogP contribution is -2.31. The van der Waals surface area contributed by atoms with Crippen molar-refractivity contribution in [3.8, 4) is 17.0 Å². The van der Waals surface area contributed by atoms with Gasteiger partial charge in [-0.1, -0.05) is 36.4 Å². The number of ether oxygens (including phenoxy) is 1. The molecule has 5 rings (SSSR count). The van der Waals surface area contributed by atoms with Crippen molar-refractivity contribution in [2.75, 3.05) is 11.9 Å². The summed E-state index contributed by atoms with van der Waals surface area (Å²) < 4.78 is 11.1. The number of benzene rings is 2. The van der Waals surface area contributed by atoms with E-state index in [2.05, 4.69) is 27.8 Å². The van der Waals surface area contributed by atoms with Gasteiger partial charge in [0.25, 0.3) is 0 Å². The first-order valence-corrected chi connectivity index (χ1v) is 13.2. The van der Waals surface area contributed by atoms with E-state index in [0.29, 0.717) is 39.7 Å². The van der Waals surface area contributed by atoms with Gasteiger partial charge in [0.1, 0.15) is 0 Å². The number of fused-ring (bicyclic) bond motifs is 2. The molecule has 0 bridgehead atoms. The number of anilines is 1. The Labute approximate surface area is 217 Å². The van der Waals surface area contributed by atoms with Gasteiger partial charge < -0.3 is 19.8 Å². The highest BCUT2D eigenvalue weighted by Crippen LogP contribution is 2.30. The van der Waals surface area contributed by atoms with Gasteiger partial charge in [0, 0.05) is 23.6 Å². The molecular formula is C28H27N3O5S. The monoisotopic (exact) mass is 517 g/mol. The van der Waals surface area contributed by atoms with Crippen LogP contribution in [0.25, 0.3) is 22.2 Å². The number of nitrogens with zero attached hydrogens (tertiary/aromatic N) is 1. The van der Waals surface area contributed by atoms with E-state index < -0.39 is 5.63 Å². The van der Waals surface area contributed by atoms with Gasteiger partial charge in [-0.25, -0.2) is 9.78 Å². The third-order valence-corrected chi connectivity index (χ3v) is 7.09. The van der Waals surface area contributed by atoms with Crippen molar-refractivity contribution in [1.82, 2.24) is 10.3 Å². The number of aryl methyl sites for hydroxylation is 1. The second-order valence-corrected chi connectivity index (χ2v) is 9.71. The number of rotatable bonds is 8. The van der Waals surface area contributed by atoms with Gasteiger partial charge in [0.05, 0.1) is 23.9 Å². The van der Waals surface area contributed by atoms with Crippen LogP contribution in [0.2, 0.25) is 0 Å². The fraction of sp³-hybridized carbons (Fsp3) is 0.286. The number of para-hydroxylation sites is 1. The van der Waals surface area contributed by atoms with E-state index in [1.54, 1.807) is 17.5 Å². The predicted octanol–water partition coefficient (Wildman–Crippen LogP) is 5.23. The van der Waals surface area contributed by atoms with Crippen LogP contribution in [0, 0.1) is 0 Å². The van der Waals surface area contributed by atoms with Crippen molar-refractivity contribution in [3.63, 3.8) is 0 Å². The van der Waals surface area contributed by atoms with E-state index in [9.17, 15) is 14.4 Å². The molecule has 0 aliphatic heterocycles. The Morgan fingerprint density at radius 1 is 1.14 bits per heavy atom. The van der Waals surface area contributed by atoms with Gasteiger partial charge in [0.2, 0.25) is 11.8 Å². The molecule has 2 aromatic heterocycles. The van der Waals surface area contributed by atoms with Gasteiger partial charge in [-0.3, -0.25) is 9.59 Å². The van der Waals surface area contributed by atoms with Crippen molar-refractivity contribution in [1.29, 1.82) is 0 Å². The minimum absolute atomic E-state index is 0.0136. The lowest BCUT2D eigenvalue weighted by atomic mass is 9.87. The molecule has 0 fully saturated rings. The van der Waals surface area contributed by atoms with Crippen molar-refractivity contribution in [2.45, 2.75) is 45.1 Å². The minimum Gasteiger partial charge on any atom is -0.490 e. The number of hydrogen-bond donors (Lipinski definition) is 2. The van der Waals surface area contributed by atoms with Gasteiger partial charge >= 0.3 is 5.63 Å². The third-order valence-electron chi connectivity index (χ3n) is 6.33. The summed E-state index contributed by atoms with van der Waals surface area (Å²) in [4.78, 5) is 42.0. The molecule has 37 heavy (non-hydrogen) atoms. The number of hydrogen-bond acceptors (Lipinski definition) is 7. The second kappa shape index (κ2) is 11.0. The number of amides is 2. The Morgan fingerprint density at radius 2 is 1.97 bits per heavy atom. The van der Waals surface area contributed by atoms with Gasteiger partial charge in [0.15, 0.2) is 16.5 Å². The summed E-state index contributed by atoms with van der Waals surface area (Å²) in [5.41, 5.74) is 2.98. The summed E-state index contributed by atoms with van der Waals surface area (Å²) in [6.45, 7) is 2.31. The lowest BCUT2D eigenvalue weighted by molar-refractivity contribution is -0.125. The molecule has 0 spiro atoms. The highest BCUT2D eigenvalue weighted by molar-refractivity contribution is 7.14. The highest BCUT2D eigenvalue weighted by Gasteiger charge is 2.22. The summed E-state index contributed by atoms with van der Waals surface area (Å²) in [6, 6.07) is 15.3. The SMILES string of the molecule is CCOc1cccc2cc(-c3csc(NC(=O)CCC(=O)NC4CCCc5ccccc54)n3)c(=O)oc12. The molecule has 8 nitrogen and oxygen atoms in total. The molecule has 0 radical (unpaired) electrons. The Balaban J connectivity index is 1.19. The van der Waals surface area contributed by atoms with E-state index in [0.717, 1.165) is 24.8 Å². The van der Waals surface area contributed by atoms with Crippen LogP contribution >= 0.6 is 11.3 Å². The fourth-order valence-corrected chi connectivity index (χ4v) is 5.33. The van der Waals surface area contributed by atoms with Crippen molar-refractivity contribution < 1.29 is 18.7 Å². The van der Waals surface area contributed by atoms with Crippen LogP contribution in [0.4, 0.5) is 5.13 Å². The standard InChI is InChI=1S/C28H27N3O5S/c1-2-35-23-12-6-9-18-15-20(27(34)36-26(18)23)22-16-37-28(30-22)31-25(33)14-13-24(32)29-21-11-5-8-17-7-3-4-10-19(17)21/h3-4,6-7,9-10,12,15-16,21H,2,5,8,11,13-14H2,1H3,(H,29,32)(H,30,31,33). The third kappa shape index (κ3) is 5.56. The largest absolute Gasteiger partial charge is 0.490 e. The smallest absolute Gasteiger partial charge is 0.345 e. The van der Waals surface area contributed by atoms with Crippen LogP contribution in [-0.2, 0) is 16.0 Å². The van der Waals surface area contributed by atoms with Crippen LogP contribution in [0.5, 0.6) is 5.75 Å². The summed E-state index contributed by atoms with van der Waals surface area (Å²) in [5, 5.41) is 8.54. The molecule has 0 saturated heterocycles. The maximum absolute atomic E-state index is 12.7. The molecule has 190 valence electrons. The molecule has 2 N–H and O–H groups in total. The summed E-state index contributed by atoms with van der Waals surface area (Å²) >= 11 is 1.20. The summed E-state index contributed by atoms with van der Waals surface area (Å²) in [5.74, 6) is 0.0375. The van der Waals surface area contributed by atoms with Crippen LogP contribution < -0.4 is 21.0 Å². The normalized spacial score (nSPS) is 14.7. The Kier molecular flexibility index (Phi) is 7.32. The van der Waals surface area contributed by atoms with Gasteiger partial charge in [-0.2, -0.15) is 0 Å². The average Bonchev–Trinajstić information content (AvgIpc) is 3.36. The van der Waals surface area contributed by atoms with E-state index in [4.69, 9.17) is 9.15 Å². The fourth-order valence-electron chi connectivity index (χ4n) is 4.60. The molecule has 0 saturated carbocycles. The van der Waals surface area contributed by atoms with Crippen molar-refractivity contribution >= 4 is 39.3 Å². The highest BCUT2D eigenvalue weighted by atomic mass is 32.1. The second-order valence-electron chi connectivity index (χ2n) is 8.85. The Bertz CT molecular complexity index is 1510. The topological polar surface area (TPSA) is 111 Å². The van der Waals surface area contributed by atoms with E-state index in [-0.39, 0.29) is 30.7 Å². The molecule has 4 aromatic rings. The maximum atomic E-state index is 12.7. The Morgan fingerprint density at radius 3 is 2.84 bits per heavy atom. The number of carbonyl (C=O) groups is 2. The zero-order valence-corrected chi connectivity index (χ0v) is 21.2. The van der Waals surface area contributed by atoms with Crippen LogP contribution in [0.15, 0.2) is 63.1 Å². The van der Waals surface area contributed by atoms with Crippen molar-refractivity contribution in [3.05, 3.63) is 75.5 Å². The predicted molar refractivity (Wildman–Crippen MR) is 143 cm³/mol. The first-order valence-electron chi connectivity index (χ1n) is 12.3. The molecule has 2 aromatic carbocycles. The molecule has 1 atom stereocenters. The first-order chi connectivity index (χ1) is 18.0. The quantitative estimate of drug-likeness (QED) is 0.310. The maximum Gasteiger partial charge on any atom is 0.345 e. The van der Waals surface area contributed by atoms with Gasteiger partial charge in [-0.05, 0) is 49.4 Å². The number of carbonyl (C=O) groups excluding carboxylic acids is 2. The van der Waals surface area contributed by atoms with Gasteiger partial charge in [-0.15, -0.1) is 11.3 Å². The molecular weight excluding hydrogens is 490 g/mol. The van der Waals surface area contributed by atoms with Crippen LogP contribution in [0.3, 0.4) is 0 Å². The minimum atomic E-state index is -0.538.